The van der Waals surface area contributed by atoms with E-state index in [9.17, 15) is 0 Å². The van der Waals surface area contributed by atoms with E-state index < -0.39 is 5.79 Å². The van der Waals surface area contributed by atoms with Crippen LogP contribution in [-0.2, 0) is 9.47 Å². The number of hydrogen-bond donors (Lipinski definition) is 0. The van der Waals surface area contributed by atoms with Gasteiger partial charge in [-0.05, 0) is 32.6 Å². The van der Waals surface area contributed by atoms with Crippen LogP contribution in [-0.4, -0.2) is 18.0 Å². The second-order valence-corrected chi connectivity index (χ2v) is 5.64. The number of hydrogen-bond acceptors (Lipinski definition) is 2. The van der Waals surface area contributed by atoms with Gasteiger partial charge in [0.15, 0.2) is 5.79 Å². The zero-order valence-electron chi connectivity index (χ0n) is 9.68. The van der Waals surface area contributed by atoms with Crippen molar-refractivity contribution < 1.29 is 9.47 Å². The van der Waals surface area contributed by atoms with E-state index >= 15 is 0 Å². The Balaban J connectivity index is 2.54. The standard InChI is InChI=1S/C11H22O2/c1-8-9(7-10(2,3)4)13-11(5,6)12-8/h8-9H,7H2,1-6H3. The van der Waals surface area contributed by atoms with E-state index in [-0.39, 0.29) is 12.2 Å². The van der Waals surface area contributed by atoms with Gasteiger partial charge in [-0.3, -0.25) is 0 Å². The Hall–Kier alpha value is -0.0800. The summed E-state index contributed by atoms with van der Waals surface area (Å²) in [6, 6.07) is 0. The van der Waals surface area contributed by atoms with E-state index in [0.29, 0.717) is 5.41 Å². The van der Waals surface area contributed by atoms with Gasteiger partial charge in [0.05, 0.1) is 12.2 Å². The molecule has 0 aromatic rings. The van der Waals surface area contributed by atoms with Crippen molar-refractivity contribution >= 4 is 0 Å². The molecule has 2 nitrogen and oxygen atoms in total. The maximum Gasteiger partial charge on any atom is 0.163 e. The summed E-state index contributed by atoms with van der Waals surface area (Å²) in [6.07, 6.45) is 1.52. The smallest absolute Gasteiger partial charge is 0.163 e. The van der Waals surface area contributed by atoms with Gasteiger partial charge in [-0.15, -0.1) is 0 Å². The first-order valence-corrected chi connectivity index (χ1v) is 5.05. The van der Waals surface area contributed by atoms with Gasteiger partial charge < -0.3 is 9.47 Å². The average Bonchev–Trinajstić information content (AvgIpc) is 2.00. The van der Waals surface area contributed by atoms with Crippen LogP contribution >= 0.6 is 0 Å². The summed E-state index contributed by atoms with van der Waals surface area (Å²) in [5.74, 6) is -0.394. The quantitative estimate of drug-likeness (QED) is 0.627. The SMILES string of the molecule is CC1OC(C)(C)OC1CC(C)(C)C. The molecule has 0 N–H and O–H groups in total. The molecule has 13 heavy (non-hydrogen) atoms. The van der Waals surface area contributed by atoms with Crippen molar-refractivity contribution in [3.05, 3.63) is 0 Å². The Labute approximate surface area is 81.6 Å². The molecule has 1 fully saturated rings. The molecule has 1 rings (SSSR count). The molecular formula is C11H22O2. The average molecular weight is 186 g/mol. The van der Waals surface area contributed by atoms with E-state index in [2.05, 4.69) is 27.7 Å². The van der Waals surface area contributed by atoms with Crippen molar-refractivity contribution in [2.75, 3.05) is 0 Å². The van der Waals surface area contributed by atoms with Gasteiger partial charge in [0.1, 0.15) is 0 Å². The minimum absolute atomic E-state index is 0.217. The van der Waals surface area contributed by atoms with Crippen LogP contribution < -0.4 is 0 Å². The van der Waals surface area contributed by atoms with Crippen molar-refractivity contribution in [2.45, 2.75) is 66.0 Å². The second-order valence-electron chi connectivity index (χ2n) is 5.64. The molecule has 0 aromatic heterocycles. The largest absolute Gasteiger partial charge is 0.345 e. The van der Waals surface area contributed by atoms with Gasteiger partial charge in [0.25, 0.3) is 0 Å². The predicted molar refractivity (Wildman–Crippen MR) is 53.6 cm³/mol. The third kappa shape index (κ3) is 3.28. The molecule has 78 valence electrons. The van der Waals surface area contributed by atoms with Crippen molar-refractivity contribution in [1.29, 1.82) is 0 Å². The van der Waals surface area contributed by atoms with Crippen LogP contribution in [0.4, 0.5) is 0 Å². The molecule has 0 aromatic carbocycles. The topological polar surface area (TPSA) is 18.5 Å². The van der Waals surface area contributed by atoms with Gasteiger partial charge in [-0.25, -0.2) is 0 Å². The van der Waals surface area contributed by atoms with Crippen LogP contribution in [0.2, 0.25) is 0 Å². The summed E-state index contributed by atoms with van der Waals surface area (Å²) < 4.78 is 11.5. The lowest BCUT2D eigenvalue weighted by Gasteiger charge is -2.24. The summed E-state index contributed by atoms with van der Waals surface area (Å²) in [6.45, 7) is 12.7. The molecule has 0 saturated carbocycles. The lowest BCUT2D eigenvalue weighted by Crippen LogP contribution is -2.26. The van der Waals surface area contributed by atoms with Crippen molar-refractivity contribution in [3.8, 4) is 0 Å². The summed E-state index contributed by atoms with van der Waals surface area (Å²) >= 11 is 0. The Kier molecular flexibility index (Phi) is 2.75. The first-order chi connectivity index (χ1) is 5.70. The molecule has 0 amide bonds. The monoisotopic (exact) mass is 186 g/mol. The first-order valence-electron chi connectivity index (χ1n) is 5.05. The lowest BCUT2D eigenvalue weighted by molar-refractivity contribution is -0.147. The fraction of sp³-hybridized carbons (Fsp3) is 1.00. The van der Waals surface area contributed by atoms with E-state index in [1.165, 1.54) is 0 Å². The predicted octanol–water partition coefficient (Wildman–Crippen LogP) is 2.96. The molecule has 0 bridgehead atoms. The normalized spacial score (nSPS) is 33.7. The molecule has 1 saturated heterocycles. The third-order valence-corrected chi connectivity index (χ3v) is 2.24. The van der Waals surface area contributed by atoms with E-state index in [1.807, 2.05) is 13.8 Å². The first kappa shape index (κ1) is 11.0. The molecule has 1 aliphatic rings. The molecule has 1 aliphatic heterocycles. The highest BCUT2D eigenvalue weighted by Gasteiger charge is 2.40. The summed E-state index contributed by atoms with van der Waals surface area (Å²) in [5, 5.41) is 0. The molecule has 2 unspecified atom stereocenters. The van der Waals surface area contributed by atoms with Crippen LogP contribution in [0.15, 0.2) is 0 Å². The van der Waals surface area contributed by atoms with Crippen LogP contribution in [0.3, 0.4) is 0 Å². The van der Waals surface area contributed by atoms with Gasteiger partial charge in [0.2, 0.25) is 0 Å². The fourth-order valence-corrected chi connectivity index (χ4v) is 1.82. The number of ether oxygens (including phenoxy) is 2. The molecule has 0 radical (unpaired) electrons. The van der Waals surface area contributed by atoms with E-state index in [4.69, 9.17) is 9.47 Å². The lowest BCUT2D eigenvalue weighted by atomic mass is 9.88. The molecular weight excluding hydrogens is 164 g/mol. The number of rotatable bonds is 1. The zero-order valence-corrected chi connectivity index (χ0v) is 9.68. The molecule has 2 atom stereocenters. The fourth-order valence-electron chi connectivity index (χ4n) is 1.82. The van der Waals surface area contributed by atoms with E-state index in [1.54, 1.807) is 0 Å². The van der Waals surface area contributed by atoms with Crippen LogP contribution in [0, 0.1) is 5.41 Å². The molecule has 1 heterocycles. The summed E-state index contributed by atoms with van der Waals surface area (Å²) in [5.41, 5.74) is 0.308. The van der Waals surface area contributed by atoms with Gasteiger partial charge in [-0.2, -0.15) is 0 Å². The molecule has 0 aliphatic carbocycles. The Morgan fingerprint density at radius 1 is 1.15 bits per heavy atom. The van der Waals surface area contributed by atoms with Gasteiger partial charge in [-0.1, -0.05) is 20.8 Å². The minimum Gasteiger partial charge on any atom is -0.345 e. The molecule has 0 spiro atoms. The van der Waals surface area contributed by atoms with Gasteiger partial charge >= 0.3 is 0 Å². The second kappa shape index (κ2) is 3.25. The Bertz CT molecular complexity index is 179. The van der Waals surface area contributed by atoms with Crippen LogP contribution in [0.25, 0.3) is 0 Å². The minimum atomic E-state index is -0.394. The Morgan fingerprint density at radius 2 is 1.69 bits per heavy atom. The maximum atomic E-state index is 5.81. The Morgan fingerprint density at radius 3 is 2.00 bits per heavy atom. The molecule has 2 heteroatoms. The van der Waals surface area contributed by atoms with Crippen molar-refractivity contribution in [3.63, 3.8) is 0 Å². The van der Waals surface area contributed by atoms with Crippen LogP contribution in [0.5, 0.6) is 0 Å². The van der Waals surface area contributed by atoms with E-state index in [0.717, 1.165) is 6.42 Å². The summed E-state index contributed by atoms with van der Waals surface area (Å²) in [4.78, 5) is 0. The maximum absolute atomic E-state index is 5.81. The van der Waals surface area contributed by atoms with Crippen molar-refractivity contribution in [2.24, 2.45) is 5.41 Å². The highest BCUT2D eigenvalue weighted by atomic mass is 16.7. The van der Waals surface area contributed by atoms with Crippen molar-refractivity contribution in [1.82, 2.24) is 0 Å². The van der Waals surface area contributed by atoms with Gasteiger partial charge in [0, 0.05) is 0 Å². The van der Waals surface area contributed by atoms with Crippen LogP contribution in [0.1, 0.15) is 48.0 Å². The summed E-state index contributed by atoms with van der Waals surface area (Å²) in [7, 11) is 0. The zero-order chi connectivity index (χ0) is 10.3. The third-order valence-electron chi connectivity index (χ3n) is 2.24. The highest BCUT2D eigenvalue weighted by Crippen LogP contribution is 2.34. The highest BCUT2D eigenvalue weighted by molar-refractivity contribution is 4.81.